The molecule has 0 N–H and O–H groups in total. The first kappa shape index (κ1) is 22.3. The Kier molecular flexibility index (Phi) is 7.19. The maximum absolute atomic E-state index is 13.2. The monoisotopic (exact) mass is 449 g/mol. The molecule has 8 nitrogen and oxygen atoms in total. The fourth-order valence-electron chi connectivity index (χ4n) is 3.58. The fourth-order valence-corrected chi connectivity index (χ4v) is 3.58. The van der Waals surface area contributed by atoms with Crippen molar-refractivity contribution in [1.82, 2.24) is 24.8 Å². The molecule has 1 aliphatic heterocycles. The molecule has 2 amide bonds. The van der Waals surface area contributed by atoms with Gasteiger partial charge in [0.25, 0.3) is 5.91 Å². The van der Waals surface area contributed by atoms with E-state index in [9.17, 15) is 14.0 Å². The van der Waals surface area contributed by atoms with Gasteiger partial charge < -0.3 is 14.5 Å². The van der Waals surface area contributed by atoms with Gasteiger partial charge in [-0.25, -0.2) is 9.37 Å². The Balaban J connectivity index is 1.23. The van der Waals surface area contributed by atoms with Gasteiger partial charge in [0.1, 0.15) is 17.3 Å². The van der Waals surface area contributed by atoms with Gasteiger partial charge in [0.2, 0.25) is 5.91 Å². The van der Waals surface area contributed by atoms with Gasteiger partial charge in [0.05, 0.1) is 24.9 Å². The quantitative estimate of drug-likeness (QED) is 0.549. The number of benzene rings is 1. The number of carbonyl (C=O) groups excluding carboxylic acids is 2. The van der Waals surface area contributed by atoms with E-state index in [1.54, 1.807) is 46.6 Å². The van der Waals surface area contributed by atoms with Crippen LogP contribution in [0.4, 0.5) is 4.39 Å². The van der Waals surface area contributed by atoms with E-state index in [-0.39, 0.29) is 24.1 Å². The van der Waals surface area contributed by atoms with E-state index in [2.05, 4.69) is 15.0 Å². The van der Waals surface area contributed by atoms with Crippen LogP contribution in [0, 0.1) is 5.82 Å². The van der Waals surface area contributed by atoms with Crippen LogP contribution in [0.3, 0.4) is 0 Å². The summed E-state index contributed by atoms with van der Waals surface area (Å²) in [5, 5.41) is 0. The Bertz CT molecular complexity index is 1090. The highest BCUT2D eigenvalue weighted by Gasteiger charge is 2.25. The molecule has 0 saturated carbocycles. The summed E-state index contributed by atoms with van der Waals surface area (Å²) in [5.41, 5.74) is 1.80. The summed E-state index contributed by atoms with van der Waals surface area (Å²) in [6, 6.07) is 9.72. The van der Waals surface area contributed by atoms with Crippen LogP contribution < -0.4 is 4.74 Å². The number of nitrogens with zero attached hydrogens (tertiary/aromatic N) is 5. The lowest BCUT2D eigenvalue weighted by molar-refractivity contribution is -0.132. The van der Waals surface area contributed by atoms with E-state index in [1.807, 2.05) is 6.07 Å². The summed E-state index contributed by atoms with van der Waals surface area (Å²) in [6.07, 6.45) is 6.99. The van der Waals surface area contributed by atoms with Crippen LogP contribution in [-0.2, 0) is 17.6 Å². The van der Waals surface area contributed by atoms with Gasteiger partial charge in [-0.1, -0.05) is 12.1 Å². The third-order valence-electron chi connectivity index (χ3n) is 5.37. The molecule has 3 heterocycles. The van der Waals surface area contributed by atoms with Crippen LogP contribution in [0.5, 0.6) is 5.75 Å². The number of hydrogen-bond donors (Lipinski definition) is 0. The smallest absolute Gasteiger partial charge is 0.272 e. The fraction of sp³-hybridized carbons (Fsp3) is 0.292. The van der Waals surface area contributed by atoms with E-state index in [1.165, 1.54) is 18.3 Å². The molecule has 1 aliphatic rings. The SMILES string of the molecule is O=C(Cc1cnccn1)N1CCN(C(=O)c2ccc(OCCc3cccc(F)c3)cn2)CC1. The van der Waals surface area contributed by atoms with Crippen molar-refractivity contribution < 1.29 is 18.7 Å². The zero-order valence-electron chi connectivity index (χ0n) is 18.1. The summed E-state index contributed by atoms with van der Waals surface area (Å²) in [4.78, 5) is 41.0. The van der Waals surface area contributed by atoms with Crippen LogP contribution >= 0.6 is 0 Å². The molecular weight excluding hydrogens is 425 g/mol. The van der Waals surface area contributed by atoms with Crippen molar-refractivity contribution >= 4 is 11.8 Å². The normalized spacial score (nSPS) is 13.6. The highest BCUT2D eigenvalue weighted by atomic mass is 19.1. The Morgan fingerprint density at radius 1 is 0.970 bits per heavy atom. The molecular formula is C24H24FN5O3. The average molecular weight is 449 g/mol. The molecule has 0 atom stereocenters. The number of carbonyl (C=O) groups is 2. The lowest BCUT2D eigenvalue weighted by atomic mass is 10.1. The minimum Gasteiger partial charge on any atom is -0.492 e. The number of rotatable bonds is 7. The number of aromatic nitrogens is 3. The summed E-state index contributed by atoms with van der Waals surface area (Å²) in [6.45, 7) is 2.19. The standard InChI is InChI=1S/C24H24FN5O3/c25-19-3-1-2-18(14-19)6-13-33-21-4-5-22(28-17-21)24(32)30-11-9-29(10-12-30)23(31)15-20-16-26-7-8-27-20/h1-5,7-8,14,16-17H,6,9-13,15H2. The molecule has 4 rings (SSSR count). The zero-order chi connectivity index (χ0) is 23.0. The molecule has 0 spiro atoms. The molecule has 170 valence electrons. The average Bonchev–Trinajstić information content (AvgIpc) is 2.85. The van der Waals surface area contributed by atoms with Gasteiger partial charge >= 0.3 is 0 Å². The summed E-state index contributed by atoms with van der Waals surface area (Å²) < 4.78 is 18.9. The first-order valence-electron chi connectivity index (χ1n) is 10.7. The third kappa shape index (κ3) is 6.09. The second-order valence-corrected chi connectivity index (χ2v) is 7.65. The number of hydrogen-bond acceptors (Lipinski definition) is 6. The topological polar surface area (TPSA) is 88.5 Å². The van der Waals surface area contributed by atoms with Gasteiger partial charge in [-0.2, -0.15) is 0 Å². The zero-order valence-corrected chi connectivity index (χ0v) is 18.1. The van der Waals surface area contributed by atoms with E-state index in [4.69, 9.17) is 4.74 Å². The number of piperazine rings is 1. The highest BCUT2D eigenvalue weighted by Crippen LogP contribution is 2.14. The molecule has 9 heteroatoms. The Hall–Kier alpha value is -3.88. The van der Waals surface area contributed by atoms with Gasteiger partial charge in [-0.15, -0.1) is 0 Å². The number of amides is 2. The Morgan fingerprint density at radius 2 is 1.79 bits per heavy atom. The van der Waals surface area contributed by atoms with Crippen molar-refractivity contribution in [1.29, 1.82) is 0 Å². The maximum atomic E-state index is 13.2. The molecule has 1 fully saturated rings. The van der Waals surface area contributed by atoms with E-state index >= 15 is 0 Å². The van der Waals surface area contributed by atoms with Gasteiger partial charge in [0.15, 0.2) is 0 Å². The molecule has 0 unspecified atom stereocenters. The minimum absolute atomic E-state index is 0.0273. The highest BCUT2D eigenvalue weighted by molar-refractivity contribution is 5.92. The van der Waals surface area contributed by atoms with Crippen molar-refractivity contribution in [2.45, 2.75) is 12.8 Å². The van der Waals surface area contributed by atoms with Crippen molar-refractivity contribution in [3.63, 3.8) is 0 Å². The van der Waals surface area contributed by atoms with Crippen LogP contribution in [0.25, 0.3) is 0 Å². The van der Waals surface area contributed by atoms with Crippen LogP contribution in [0.1, 0.15) is 21.7 Å². The minimum atomic E-state index is -0.271. The van der Waals surface area contributed by atoms with Crippen molar-refractivity contribution in [3.8, 4) is 5.75 Å². The van der Waals surface area contributed by atoms with Gasteiger partial charge in [-0.05, 0) is 29.8 Å². The molecule has 1 aromatic carbocycles. The number of halogens is 1. The van der Waals surface area contributed by atoms with E-state index in [0.717, 1.165) is 5.56 Å². The predicted octanol–water partition coefficient (Wildman–Crippen LogP) is 2.16. The lowest BCUT2D eigenvalue weighted by Gasteiger charge is -2.34. The maximum Gasteiger partial charge on any atom is 0.272 e. The van der Waals surface area contributed by atoms with Crippen molar-refractivity contribution in [3.05, 3.63) is 84.0 Å². The van der Waals surface area contributed by atoms with E-state index < -0.39 is 0 Å². The molecule has 3 aromatic rings. The van der Waals surface area contributed by atoms with E-state index in [0.29, 0.717) is 56.3 Å². The summed E-state index contributed by atoms with van der Waals surface area (Å²) >= 11 is 0. The molecule has 1 saturated heterocycles. The van der Waals surface area contributed by atoms with Crippen molar-refractivity contribution in [2.75, 3.05) is 32.8 Å². The number of ether oxygens (including phenoxy) is 1. The second-order valence-electron chi connectivity index (χ2n) is 7.65. The largest absolute Gasteiger partial charge is 0.492 e. The molecule has 0 radical (unpaired) electrons. The van der Waals surface area contributed by atoms with Crippen LogP contribution in [-0.4, -0.2) is 69.4 Å². The molecule has 2 aromatic heterocycles. The third-order valence-corrected chi connectivity index (χ3v) is 5.37. The summed E-state index contributed by atoms with van der Waals surface area (Å²) in [7, 11) is 0. The first-order chi connectivity index (χ1) is 16.1. The lowest BCUT2D eigenvalue weighted by Crippen LogP contribution is -2.51. The predicted molar refractivity (Wildman–Crippen MR) is 118 cm³/mol. The van der Waals surface area contributed by atoms with Crippen molar-refractivity contribution in [2.24, 2.45) is 0 Å². The van der Waals surface area contributed by atoms with Gasteiger partial charge in [-0.3, -0.25) is 19.6 Å². The molecule has 0 bridgehead atoms. The first-order valence-corrected chi connectivity index (χ1v) is 10.7. The Morgan fingerprint density at radius 3 is 2.48 bits per heavy atom. The second kappa shape index (κ2) is 10.6. The summed E-state index contributed by atoms with van der Waals surface area (Å²) in [5.74, 6) is 0.0675. The van der Waals surface area contributed by atoms with Crippen LogP contribution in [0.2, 0.25) is 0 Å². The number of pyridine rings is 1. The van der Waals surface area contributed by atoms with Crippen LogP contribution in [0.15, 0.2) is 61.2 Å². The Labute approximate surface area is 191 Å². The molecule has 33 heavy (non-hydrogen) atoms. The van der Waals surface area contributed by atoms with Gasteiger partial charge in [0, 0.05) is 51.2 Å². The molecule has 0 aliphatic carbocycles.